The van der Waals surface area contributed by atoms with Crippen molar-refractivity contribution in [1.29, 1.82) is 0 Å². The molecule has 6 nitrogen and oxygen atoms in total. The summed E-state index contributed by atoms with van der Waals surface area (Å²) in [5, 5.41) is 2.71. The molecule has 0 spiro atoms. The van der Waals surface area contributed by atoms with Gasteiger partial charge >= 0.3 is 5.97 Å². The zero-order valence-electron chi connectivity index (χ0n) is 17.9. The van der Waals surface area contributed by atoms with Gasteiger partial charge in [0.1, 0.15) is 6.61 Å². The third-order valence-electron chi connectivity index (χ3n) is 5.45. The Labute approximate surface area is 183 Å². The first-order valence-corrected chi connectivity index (χ1v) is 12.3. The van der Waals surface area contributed by atoms with E-state index in [0.29, 0.717) is 12.8 Å². The van der Waals surface area contributed by atoms with E-state index in [9.17, 15) is 18.0 Å². The number of esters is 1. The number of sulfone groups is 1. The molecule has 0 radical (unpaired) electrons. The minimum absolute atomic E-state index is 0.0218. The lowest BCUT2D eigenvalue weighted by Gasteiger charge is -2.08. The highest BCUT2D eigenvalue weighted by Crippen LogP contribution is 2.25. The van der Waals surface area contributed by atoms with E-state index >= 15 is 0 Å². The molecular formula is C24H29NO5S. The predicted octanol–water partition coefficient (Wildman–Crippen LogP) is 2.94. The van der Waals surface area contributed by atoms with Crippen LogP contribution in [0.4, 0.5) is 0 Å². The van der Waals surface area contributed by atoms with Crippen molar-refractivity contribution < 1.29 is 22.7 Å². The van der Waals surface area contributed by atoms with E-state index < -0.39 is 15.8 Å². The lowest BCUT2D eigenvalue weighted by atomic mass is 10.1. The second-order valence-corrected chi connectivity index (χ2v) is 10.0. The monoisotopic (exact) mass is 443 g/mol. The van der Waals surface area contributed by atoms with Gasteiger partial charge in [0.25, 0.3) is 0 Å². The Morgan fingerprint density at radius 3 is 2.52 bits per heavy atom. The molecule has 0 bridgehead atoms. The first kappa shape index (κ1) is 23.0. The SMILES string of the molecule is Cc1ccc(CCC(=O)NCCOC(=O)CCS(=O)(=O)c2ccc3c(c2)CCC3)cc1. The van der Waals surface area contributed by atoms with E-state index in [2.05, 4.69) is 5.32 Å². The van der Waals surface area contributed by atoms with Crippen LogP contribution in [0.25, 0.3) is 0 Å². The number of hydrogen-bond donors (Lipinski definition) is 1. The van der Waals surface area contributed by atoms with E-state index in [1.165, 1.54) is 11.1 Å². The molecule has 7 heteroatoms. The molecule has 0 saturated carbocycles. The molecule has 2 aromatic carbocycles. The molecule has 3 rings (SSSR count). The van der Waals surface area contributed by atoms with Gasteiger partial charge < -0.3 is 10.1 Å². The van der Waals surface area contributed by atoms with Crippen LogP contribution in [0, 0.1) is 6.92 Å². The second-order valence-electron chi connectivity index (χ2n) is 7.91. The molecule has 0 saturated heterocycles. The Morgan fingerprint density at radius 1 is 1.00 bits per heavy atom. The maximum Gasteiger partial charge on any atom is 0.306 e. The Kier molecular flexibility index (Phi) is 7.85. The molecule has 0 aromatic heterocycles. The number of hydrogen-bond acceptors (Lipinski definition) is 5. The summed E-state index contributed by atoms with van der Waals surface area (Å²) < 4.78 is 30.1. The summed E-state index contributed by atoms with van der Waals surface area (Å²) in [6.07, 6.45) is 3.73. The predicted molar refractivity (Wildman–Crippen MR) is 119 cm³/mol. The number of ether oxygens (including phenoxy) is 1. The van der Waals surface area contributed by atoms with Crippen molar-refractivity contribution in [3.63, 3.8) is 0 Å². The van der Waals surface area contributed by atoms with Crippen LogP contribution in [0.1, 0.15) is 41.5 Å². The molecule has 1 aliphatic rings. The summed E-state index contributed by atoms with van der Waals surface area (Å²) in [5.74, 6) is -0.984. The Morgan fingerprint density at radius 2 is 1.74 bits per heavy atom. The molecule has 1 aliphatic carbocycles. The van der Waals surface area contributed by atoms with Crippen molar-refractivity contribution in [3.8, 4) is 0 Å². The van der Waals surface area contributed by atoms with Gasteiger partial charge in [0.15, 0.2) is 9.84 Å². The van der Waals surface area contributed by atoms with Gasteiger partial charge in [-0.25, -0.2) is 8.42 Å². The summed E-state index contributed by atoms with van der Waals surface area (Å²) in [4.78, 5) is 24.0. The molecule has 0 fully saturated rings. The molecule has 0 unspecified atom stereocenters. The molecule has 1 N–H and O–H groups in total. The maximum absolute atomic E-state index is 12.5. The van der Waals surface area contributed by atoms with Gasteiger partial charge in [-0.1, -0.05) is 35.9 Å². The zero-order chi connectivity index (χ0) is 22.3. The van der Waals surface area contributed by atoms with E-state index in [4.69, 9.17) is 4.74 Å². The van der Waals surface area contributed by atoms with Crippen LogP contribution in [0.5, 0.6) is 0 Å². The minimum Gasteiger partial charge on any atom is -0.464 e. The number of nitrogens with one attached hydrogen (secondary N) is 1. The summed E-state index contributed by atoms with van der Waals surface area (Å²) in [7, 11) is -3.53. The number of fused-ring (bicyclic) bond motifs is 1. The summed E-state index contributed by atoms with van der Waals surface area (Å²) in [6.45, 7) is 2.24. The molecular weight excluding hydrogens is 414 g/mol. The van der Waals surface area contributed by atoms with E-state index in [-0.39, 0.29) is 36.1 Å². The number of aryl methyl sites for hydroxylation is 4. The highest BCUT2D eigenvalue weighted by Gasteiger charge is 2.20. The Balaban J connectivity index is 1.32. The van der Waals surface area contributed by atoms with Gasteiger partial charge in [-0.3, -0.25) is 9.59 Å². The van der Waals surface area contributed by atoms with Crippen molar-refractivity contribution in [2.45, 2.75) is 50.3 Å². The molecule has 0 atom stereocenters. The van der Waals surface area contributed by atoms with E-state index in [1.54, 1.807) is 12.1 Å². The van der Waals surface area contributed by atoms with Crippen LogP contribution >= 0.6 is 0 Å². The van der Waals surface area contributed by atoms with Gasteiger partial charge in [0.2, 0.25) is 5.91 Å². The lowest BCUT2D eigenvalue weighted by Crippen LogP contribution is -2.28. The first-order valence-electron chi connectivity index (χ1n) is 10.7. The lowest BCUT2D eigenvalue weighted by molar-refractivity contribution is -0.143. The summed E-state index contributed by atoms with van der Waals surface area (Å²) in [6, 6.07) is 13.2. The fraction of sp³-hybridized carbons (Fsp3) is 0.417. The smallest absolute Gasteiger partial charge is 0.306 e. The van der Waals surface area contributed by atoms with Crippen LogP contribution in [0.2, 0.25) is 0 Å². The van der Waals surface area contributed by atoms with Gasteiger partial charge in [-0.15, -0.1) is 0 Å². The van der Waals surface area contributed by atoms with Crippen LogP contribution in [-0.4, -0.2) is 39.2 Å². The summed E-state index contributed by atoms with van der Waals surface area (Å²) in [5.41, 5.74) is 4.56. The standard InChI is InChI=1S/C24H29NO5S/c1-18-5-7-19(8-6-18)9-12-23(26)25-14-15-30-24(27)13-16-31(28,29)22-11-10-20-3-2-4-21(20)17-22/h5-8,10-11,17H,2-4,9,12-16H2,1H3,(H,25,26). The fourth-order valence-electron chi connectivity index (χ4n) is 3.61. The number of benzene rings is 2. The highest BCUT2D eigenvalue weighted by molar-refractivity contribution is 7.91. The van der Waals surface area contributed by atoms with Crippen molar-refractivity contribution >= 4 is 21.7 Å². The van der Waals surface area contributed by atoms with Crippen LogP contribution in [-0.2, 0) is 43.4 Å². The molecule has 31 heavy (non-hydrogen) atoms. The van der Waals surface area contributed by atoms with Crippen molar-refractivity contribution in [1.82, 2.24) is 5.32 Å². The van der Waals surface area contributed by atoms with Crippen LogP contribution in [0.15, 0.2) is 47.4 Å². The molecule has 0 heterocycles. The minimum atomic E-state index is -3.53. The average molecular weight is 444 g/mol. The quantitative estimate of drug-likeness (QED) is 0.450. The normalized spacial score (nSPS) is 12.9. The van der Waals surface area contributed by atoms with Crippen molar-refractivity contribution in [2.75, 3.05) is 18.9 Å². The fourth-order valence-corrected chi connectivity index (χ4v) is 4.87. The van der Waals surface area contributed by atoms with Gasteiger partial charge in [-0.2, -0.15) is 0 Å². The number of amides is 1. The Bertz CT molecular complexity index is 1030. The maximum atomic E-state index is 12.5. The van der Waals surface area contributed by atoms with Crippen molar-refractivity contribution in [3.05, 3.63) is 64.7 Å². The molecule has 0 aliphatic heterocycles. The van der Waals surface area contributed by atoms with Gasteiger partial charge in [-0.05, 0) is 61.4 Å². The Hall–Kier alpha value is -2.67. The van der Waals surface area contributed by atoms with Crippen LogP contribution in [0.3, 0.4) is 0 Å². The topological polar surface area (TPSA) is 89.5 Å². The average Bonchev–Trinajstić information content (AvgIpc) is 3.23. The van der Waals surface area contributed by atoms with Gasteiger partial charge in [0, 0.05) is 6.42 Å². The first-order chi connectivity index (χ1) is 14.8. The largest absolute Gasteiger partial charge is 0.464 e. The third-order valence-corrected chi connectivity index (χ3v) is 7.17. The second kappa shape index (κ2) is 10.6. The van der Waals surface area contributed by atoms with Crippen molar-refractivity contribution in [2.24, 2.45) is 0 Å². The number of carbonyl (C=O) groups is 2. The van der Waals surface area contributed by atoms with Crippen LogP contribution < -0.4 is 5.32 Å². The highest BCUT2D eigenvalue weighted by atomic mass is 32.2. The molecule has 166 valence electrons. The van der Waals surface area contributed by atoms with E-state index in [0.717, 1.165) is 30.4 Å². The van der Waals surface area contributed by atoms with Gasteiger partial charge in [0.05, 0.1) is 23.6 Å². The number of carbonyl (C=O) groups excluding carboxylic acids is 2. The molecule has 1 amide bonds. The molecule has 2 aromatic rings. The number of rotatable bonds is 10. The third kappa shape index (κ3) is 6.92. The zero-order valence-corrected chi connectivity index (χ0v) is 18.7. The summed E-state index contributed by atoms with van der Waals surface area (Å²) >= 11 is 0. The van der Waals surface area contributed by atoms with E-state index in [1.807, 2.05) is 37.3 Å².